The number of hydrogen-bond acceptors (Lipinski definition) is 6. The number of fused-ring (bicyclic) bond motifs is 1. The molecule has 5 rings (SSSR count). The fraction of sp³-hybridized carbons (Fsp3) is 0.548. The third kappa shape index (κ3) is 6.55. The summed E-state index contributed by atoms with van der Waals surface area (Å²) in [4.78, 5) is 12.7. The van der Waals surface area contributed by atoms with Crippen molar-refractivity contribution in [3.05, 3.63) is 64.7 Å². The summed E-state index contributed by atoms with van der Waals surface area (Å²) in [5, 5.41) is 27.3. The van der Waals surface area contributed by atoms with Gasteiger partial charge in [0.1, 0.15) is 18.0 Å². The Morgan fingerprint density at radius 3 is 2.79 bits per heavy atom. The standard InChI is InChI=1S/C31H39N3O4/c1-2-21-9-10-29-25(14-21)27(16-31(38-29)11-4-12-31)33-18-28(35)26(15-23-5-3-6-24(13-23)17-32)34-30(36)20-37-19-22-7-8-22/h3,5-6,9-10,13-14,22,26-28,33,35H,2,4,7-8,11-12,15-16,18-20H2,1H3,(H,34,36)/t26-,27-,28+/m0/s1. The topological polar surface area (TPSA) is 104 Å². The van der Waals surface area contributed by atoms with Crippen LogP contribution in [-0.2, 0) is 22.4 Å². The fourth-order valence-corrected chi connectivity index (χ4v) is 5.56. The number of nitrogens with zero attached hydrogens (tertiary/aromatic N) is 1. The second kappa shape index (κ2) is 11.9. The van der Waals surface area contributed by atoms with Gasteiger partial charge in [0.05, 0.1) is 30.4 Å². The summed E-state index contributed by atoms with van der Waals surface area (Å²) in [6.07, 6.45) is 7.03. The fourth-order valence-electron chi connectivity index (χ4n) is 5.56. The lowest BCUT2D eigenvalue weighted by molar-refractivity contribution is -0.127. The third-order valence-corrected chi connectivity index (χ3v) is 8.20. The predicted molar refractivity (Wildman–Crippen MR) is 145 cm³/mol. The highest BCUT2D eigenvalue weighted by Gasteiger charge is 2.45. The number of ether oxygens (including phenoxy) is 2. The van der Waals surface area contributed by atoms with Gasteiger partial charge in [0.2, 0.25) is 5.91 Å². The van der Waals surface area contributed by atoms with Gasteiger partial charge in [-0.1, -0.05) is 31.2 Å². The first-order valence-corrected chi connectivity index (χ1v) is 14.1. The van der Waals surface area contributed by atoms with Crippen LogP contribution in [0.1, 0.15) is 73.7 Å². The van der Waals surface area contributed by atoms with Crippen LogP contribution in [-0.4, -0.2) is 48.5 Å². The summed E-state index contributed by atoms with van der Waals surface area (Å²) < 4.78 is 12.0. The minimum absolute atomic E-state index is 0.0129. The largest absolute Gasteiger partial charge is 0.487 e. The van der Waals surface area contributed by atoms with Crippen molar-refractivity contribution < 1.29 is 19.4 Å². The molecule has 0 aromatic heterocycles. The van der Waals surface area contributed by atoms with E-state index >= 15 is 0 Å². The minimum Gasteiger partial charge on any atom is -0.487 e. The lowest BCUT2D eigenvalue weighted by Crippen LogP contribution is -2.52. The quantitative estimate of drug-likeness (QED) is 0.394. The van der Waals surface area contributed by atoms with E-state index in [1.165, 1.54) is 24.8 Å². The van der Waals surface area contributed by atoms with Crippen molar-refractivity contribution in [2.45, 2.75) is 82.1 Å². The zero-order chi connectivity index (χ0) is 26.5. The Balaban J connectivity index is 1.27. The van der Waals surface area contributed by atoms with Crippen LogP contribution in [0.2, 0.25) is 0 Å². The molecule has 2 fully saturated rings. The van der Waals surface area contributed by atoms with E-state index in [4.69, 9.17) is 9.47 Å². The van der Waals surface area contributed by atoms with E-state index in [0.29, 0.717) is 31.1 Å². The zero-order valence-corrected chi connectivity index (χ0v) is 22.2. The molecule has 2 aromatic carbocycles. The van der Waals surface area contributed by atoms with E-state index in [9.17, 15) is 15.2 Å². The van der Waals surface area contributed by atoms with Gasteiger partial charge in [-0.3, -0.25) is 4.79 Å². The molecule has 0 unspecified atom stereocenters. The van der Waals surface area contributed by atoms with Gasteiger partial charge in [-0.25, -0.2) is 0 Å². The van der Waals surface area contributed by atoms with Gasteiger partial charge in [0, 0.05) is 24.6 Å². The summed E-state index contributed by atoms with van der Waals surface area (Å²) in [7, 11) is 0. The second-order valence-electron chi connectivity index (χ2n) is 11.2. The van der Waals surface area contributed by atoms with E-state index in [1.54, 1.807) is 6.07 Å². The van der Waals surface area contributed by atoms with Gasteiger partial charge >= 0.3 is 0 Å². The highest BCUT2D eigenvalue weighted by Crippen LogP contribution is 2.49. The molecule has 3 aliphatic rings. The first-order valence-electron chi connectivity index (χ1n) is 14.1. The molecular formula is C31H39N3O4. The van der Waals surface area contributed by atoms with E-state index in [2.05, 4.69) is 41.8 Å². The Bertz CT molecular complexity index is 1170. The van der Waals surface area contributed by atoms with Gasteiger partial charge in [-0.2, -0.15) is 5.26 Å². The SMILES string of the molecule is CCc1ccc2c(c1)[C@@H](NC[C@@H](O)[C@H](Cc1cccc(C#N)c1)NC(=O)COCC1CC1)CC1(CCC1)O2. The molecule has 7 heteroatoms. The Morgan fingerprint density at radius 1 is 1.24 bits per heavy atom. The Hall–Kier alpha value is -2.92. The average Bonchev–Trinajstić information content (AvgIpc) is 3.74. The number of carbonyl (C=O) groups is 1. The Labute approximate surface area is 225 Å². The number of nitriles is 1. The summed E-state index contributed by atoms with van der Waals surface area (Å²) >= 11 is 0. The first-order chi connectivity index (χ1) is 18.5. The molecule has 2 saturated carbocycles. The van der Waals surface area contributed by atoms with Crippen LogP contribution in [0.5, 0.6) is 5.75 Å². The molecule has 1 spiro atoms. The number of aryl methyl sites for hydroxylation is 1. The van der Waals surface area contributed by atoms with Crippen LogP contribution in [0.3, 0.4) is 0 Å². The highest BCUT2D eigenvalue weighted by molar-refractivity contribution is 5.77. The van der Waals surface area contributed by atoms with Crippen molar-refractivity contribution in [1.29, 1.82) is 5.26 Å². The van der Waals surface area contributed by atoms with Crippen molar-refractivity contribution in [1.82, 2.24) is 10.6 Å². The van der Waals surface area contributed by atoms with Gasteiger partial charge in [0.15, 0.2) is 0 Å². The predicted octanol–water partition coefficient (Wildman–Crippen LogP) is 3.97. The molecule has 0 radical (unpaired) electrons. The van der Waals surface area contributed by atoms with E-state index < -0.39 is 12.1 Å². The minimum atomic E-state index is -0.828. The second-order valence-corrected chi connectivity index (χ2v) is 11.2. The lowest BCUT2D eigenvalue weighted by atomic mass is 9.72. The monoisotopic (exact) mass is 517 g/mol. The van der Waals surface area contributed by atoms with Crippen molar-refractivity contribution in [2.24, 2.45) is 5.92 Å². The van der Waals surface area contributed by atoms with Crippen molar-refractivity contribution >= 4 is 5.91 Å². The number of hydrogen-bond donors (Lipinski definition) is 3. The van der Waals surface area contributed by atoms with Crippen LogP contribution in [0.25, 0.3) is 0 Å². The number of aliphatic hydroxyl groups excluding tert-OH is 1. The number of rotatable bonds is 12. The summed E-state index contributed by atoms with van der Waals surface area (Å²) in [6, 6.07) is 15.5. The zero-order valence-electron chi connectivity index (χ0n) is 22.2. The molecule has 0 bridgehead atoms. The van der Waals surface area contributed by atoms with Crippen molar-refractivity contribution in [3.8, 4) is 11.8 Å². The molecule has 1 amide bonds. The van der Waals surface area contributed by atoms with Gasteiger partial charge in [-0.05, 0) is 80.2 Å². The first kappa shape index (κ1) is 26.7. The van der Waals surface area contributed by atoms with Gasteiger partial charge < -0.3 is 25.2 Å². The normalized spacial score (nSPS) is 20.9. The Kier molecular flexibility index (Phi) is 8.32. The van der Waals surface area contributed by atoms with Crippen LogP contribution < -0.4 is 15.4 Å². The van der Waals surface area contributed by atoms with E-state index in [1.807, 2.05) is 18.2 Å². The van der Waals surface area contributed by atoms with Crippen LogP contribution >= 0.6 is 0 Å². The molecule has 7 nitrogen and oxygen atoms in total. The maximum atomic E-state index is 12.7. The van der Waals surface area contributed by atoms with E-state index in [-0.39, 0.29) is 24.2 Å². The number of nitrogens with one attached hydrogen (secondary N) is 2. The van der Waals surface area contributed by atoms with Crippen LogP contribution in [0.4, 0.5) is 0 Å². The number of amides is 1. The number of aliphatic hydroxyl groups is 1. The molecular weight excluding hydrogens is 478 g/mol. The average molecular weight is 518 g/mol. The smallest absolute Gasteiger partial charge is 0.246 e. The van der Waals surface area contributed by atoms with Crippen LogP contribution in [0.15, 0.2) is 42.5 Å². The number of benzene rings is 2. The Morgan fingerprint density at radius 2 is 2.08 bits per heavy atom. The van der Waals surface area contributed by atoms with Gasteiger partial charge in [0.25, 0.3) is 0 Å². The lowest BCUT2D eigenvalue weighted by Gasteiger charge is -2.48. The molecule has 3 N–H and O–H groups in total. The number of carbonyl (C=O) groups excluding carboxylic acids is 1. The highest BCUT2D eigenvalue weighted by atomic mass is 16.5. The molecule has 1 heterocycles. The molecule has 3 atom stereocenters. The van der Waals surface area contributed by atoms with Crippen molar-refractivity contribution in [2.75, 3.05) is 19.8 Å². The molecule has 1 aliphatic heterocycles. The summed E-state index contributed by atoms with van der Waals surface area (Å²) in [5.74, 6) is 1.28. The van der Waals surface area contributed by atoms with Crippen molar-refractivity contribution in [3.63, 3.8) is 0 Å². The van der Waals surface area contributed by atoms with E-state index in [0.717, 1.165) is 42.6 Å². The van der Waals surface area contributed by atoms with Crippen LogP contribution in [0, 0.1) is 17.2 Å². The molecule has 2 aliphatic carbocycles. The maximum Gasteiger partial charge on any atom is 0.246 e. The molecule has 2 aromatic rings. The third-order valence-electron chi connectivity index (χ3n) is 8.20. The summed E-state index contributed by atoms with van der Waals surface area (Å²) in [6.45, 7) is 3.06. The molecule has 0 saturated heterocycles. The molecule has 202 valence electrons. The van der Waals surface area contributed by atoms with Gasteiger partial charge in [-0.15, -0.1) is 0 Å². The maximum absolute atomic E-state index is 12.7. The molecule has 38 heavy (non-hydrogen) atoms. The summed E-state index contributed by atoms with van der Waals surface area (Å²) in [5.41, 5.74) is 3.74.